The lowest BCUT2D eigenvalue weighted by Gasteiger charge is -1.94. The molecule has 0 saturated heterocycles. The van der Waals surface area contributed by atoms with Gasteiger partial charge in [0.1, 0.15) is 0 Å². The Labute approximate surface area is 84.2 Å². The van der Waals surface area contributed by atoms with Crippen molar-refractivity contribution >= 4 is 12.0 Å². The van der Waals surface area contributed by atoms with E-state index in [4.69, 9.17) is 0 Å². The zero-order chi connectivity index (χ0) is 10.2. The molecular weight excluding hydrogens is 176 g/mol. The monoisotopic (exact) mass is 190 g/mol. The van der Waals surface area contributed by atoms with Gasteiger partial charge in [0, 0.05) is 6.42 Å². The van der Waals surface area contributed by atoms with Crippen LogP contribution in [0.15, 0.2) is 36.4 Å². The van der Waals surface area contributed by atoms with Crippen LogP contribution >= 0.6 is 0 Å². The highest BCUT2D eigenvalue weighted by atomic mass is 16.5. The number of ether oxygens (including phenoxy) is 1. The van der Waals surface area contributed by atoms with Crippen LogP contribution in [0, 0.1) is 0 Å². The summed E-state index contributed by atoms with van der Waals surface area (Å²) in [5.74, 6) is -0.164. The third kappa shape index (κ3) is 3.90. The number of benzene rings is 1. The number of methoxy groups -OCH3 is 1. The fraction of sp³-hybridized carbons (Fsp3) is 0.250. The van der Waals surface area contributed by atoms with Gasteiger partial charge in [0.2, 0.25) is 0 Å². The van der Waals surface area contributed by atoms with Crippen molar-refractivity contribution in [2.24, 2.45) is 0 Å². The Morgan fingerprint density at radius 3 is 2.71 bits per heavy atom. The van der Waals surface area contributed by atoms with Crippen molar-refractivity contribution < 1.29 is 9.53 Å². The fourth-order valence-corrected chi connectivity index (χ4v) is 1.09. The molecule has 0 saturated carbocycles. The van der Waals surface area contributed by atoms with E-state index in [1.165, 1.54) is 7.11 Å². The Balaban J connectivity index is 2.31. The molecule has 74 valence electrons. The summed E-state index contributed by atoms with van der Waals surface area (Å²) in [6.07, 6.45) is 5.15. The van der Waals surface area contributed by atoms with E-state index in [1.54, 1.807) is 0 Å². The van der Waals surface area contributed by atoms with Crippen LogP contribution in [0.2, 0.25) is 0 Å². The first-order valence-electron chi connectivity index (χ1n) is 4.61. The maximum atomic E-state index is 10.8. The van der Waals surface area contributed by atoms with E-state index in [1.807, 2.05) is 42.5 Å². The Hall–Kier alpha value is -1.57. The number of rotatable bonds is 4. The molecule has 0 aliphatic heterocycles. The second kappa shape index (κ2) is 5.97. The molecule has 0 amide bonds. The van der Waals surface area contributed by atoms with Crippen molar-refractivity contribution in [1.29, 1.82) is 0 Å². The van der Waals surface area contributed by atoms with Crippen LogP contribution in [-0.4, -0.2) is 13.1 Å². The summed E-state index contributed by atoms with van der Waals surface area (Å²) in [5.41, 5.74) is 1.15. The lowest BCUT2D eigenvalue weighted by atomic mass is 10.2. The van der Waals surface area contributed by atoms with Crippen LogP contribution in [0.4, 0.5) is 0 Å². The predicted molar refractivity (Wildman–Crippen MR) is 56.7 cm³/mol. The summed E-state index contributed by atoms with van der Waals surface area (Å²) in [7, 11) is 1.41. The zero-order valence-corrected chi connectivity index (χ0v) is 8.27. The average Bonchev–Trinajstić information content (AvgIpc) is 2.25. The summed E-state index contributed by atoms with van der Waals surface area (Å²) in [5, 5.41) is 0. The van der Waals surface area contributed by atoms with Gasteiger partial charge in [0.05, 0.1) is 7.11 Å². The van der Waals surface area contributed by atoms with E-state index in [0.717, 1.165) is 12.0 Å². The van der Waals surface area contributed by atoms with Gasteiger partial charge in [0.25, 0.3) is 0 Å². The Kier molecular flexibility index (Phi) is 4.48. The van der Waals surface area contributed by atoms with E-state index in [9.17, 15) is 4.79 Å². The highest BCUT2D eigenvalue weighted by molar-refractivity contribution is 5.69. The molecule has 14 heavy (non-hydrogen) atoms. The number of allylic oxidation sites excluding steroid dienone is 1. The summed E-state index contributed by atoms with van der Waals surface area (Å²) in [6, 6.07) is 10.00. The van der Waals surface area contributed by atoms with E-state index in [-0.39, 0.29) is 5.97 Å². The molecule has 1 aromatic rings. The number of esters is 1. The number of hydrogen-bond donors (Lipinski definition) is 0. The van der Waals surface area contributed by atoms with Crippen LogP contribution in [0.25, 0.3) is 6.08 Å². The first-order chi connectivity index (χ1) is 6.83. The highest BCUT2D eigenvalue weighted by Crippen LogP contribution is 2.03. The van der Waals surface area contributed by atoms with Gasteiger partial charge in [-0.25, -0.2) is 0 Å². The summed E-state index contributed by atoms with van der Waals surface area (Å²) in [6.45, 7) is 0. The molecule has 1 rings (SSSR count). The van der Waals surface area contributed by atoms with Crippen molar-refractivity contribution in [3.63, 3.8) is 0 Å². The van der Waals surface area contributed by atoms with Gasteiger partial charge in [-0.15, -0.1) is 0 Å². The van der Waals surface area contributed by atoms with Gasteiger partial charge in [-0.1, -0.05) is 42.5 Å². The molecule has 2 heteroatoms. The number of hydrogen-bond acceptors (Lipinski definition) is 2. The lowest BCUT2D eigenvalue weighted by molar-refractivity contribution is -0.140. The maximum absolute atomic E-state index is 10.8. The van der Waals surface area contributed by atoms with Crippen molar-refractivity contribution in [3.05, 3.63) is 42.0 Å². The predicted octanol–water partition coefficient (Wildman–Crippen LogP) is 2.65. The standard InChI is InChI=1S/C12H14O2/c1-14-12(13)10-6-5-9-11-7-3-2-4-8-11/h2-5,7-9H,6,10H2,1H3/b9-5-. The van der Waals surface area contributed by atoms with E-state index in [0.29, 0.717) is 6.42 Å². The largest absolute Gasteiger partial charge is 0.469 e. The molecule has 0 N–H and O–H groups in total. The maximum Gasteiger partial charge on any atom is 0.305 e. The smallest absolute Gasteiger partial charge is 0.305 e. The van der Waals surface area contributed by atoms with Crippen LogP contribution in [-0.2, 0) is 9.53 Å². The van der Waals surface area contributed by atoms with Crippen LogP contribution in [0.5, 0.6) is 0 Å². The molecule has 2 nitrogen and oxygen atoms in total. The van der Waals surface area contributed by atoms with Crippen LogP contribution < -0.4 is 0 Å². The van der Waals surface area contributed by atoms with Crippen LogP contribution in [0.3, 0.4) is 0 Å². The van der Waals surface area contributed by atoms with E-state index < -0.39 is 0 Å². The van der Waals surface area contributed by atoms with Crippen molar-refractivity contribution in [3.8, 4) is 0 Å². The molecule has 0 spiro atoms. The summed E-state index contributed by atoms with van der Waals surface area (Å²) < 4.78 is 4.53. The molecule has 0 atom stereocenters. The van der Waals surface area contributed by atoms with Gasteiger partial charge in [-0.05, 0) is 12.0 Å². The van der Waals surface area contributed by atoms with Gasteiger partial charge < -0.3 is 4.74 Å². The first-order valence-corrected chi connectivity index (χ1v) is 4.61. The van der Waals surface area contributed by atoms with Gasteiger partial charge >= 0.3 is 5.97 Å². The Morgan fingerprint density at radius 2 is 2.07 bits per heavy atom. The molecule has 0 bridgehead atoms. The third-order valence-electron chi connectivity index (χ3n) is 1.85. The fourth-order valence-electron chi connectivity index (χ4n) is 1.09. The van der Waals surface area contributed by atoms with Crippen molar-refractivity contribution in [2.45, 2.75) is 12.8 Å². The molecule has 0 radical (unpaired) electrons. The lowest BCUT2D eigenvalue weighted by Crippen LogP contribution is -1.97. The minimum Gasteiger partial charge on any atom is -0.469 e. The van der Waals surface area contributed by atoms with E-state index >= 15 is 0 Å². The first kappa shape index (κ1) is 10.5. The highest BCUT2D eigenvalue weighted by Gasteiger charge is 1.95. The molecule has 0 unspecified atom stereocenters. The molecular formula is C12H14O2. The number of carbonyl (C=O) groups excluding carboxylic acids is 1. The molecule has 0 aliphatic rings. The zero-order valence-electron chi connectivity index (χ0n) is 8.27. The molecule has 0 heterocycles. The molecule has 0 fully saturated rings. The SMILES string of the molecule is COC(=O)CC/C=C\c1ccccc1. The normalized spacial score (nSPS) is 10.4. The second-order valence-corrected chi connectivity index (χ2v) is 2.93. The van der Waals surface area contributed by atoms with Gasteiger partial charge in [-0.3, -0.25) is 4.79 Å². The second-order valence-electron chi connectivity index (χ2n) is 2.93. The molecule has 0 aromatic heterocycles. The minimum atomic E-state index is -0.164. The van der Waals surface area contributed by atoms with Gasteiger partial charge in [-0.2, -0.15) is 0 Å². The third-order valence-corrected chi connectivity index (χ3v) is 1.85. The minimum absolute atomic E-state index is 0.164. The summed E-state index contributed by atoms with van der Waals surface area (Å²) in [4.78, 5) is 10.8. The Morgan fingerprint density at radius 1 is 1.36 bits per heavy atom. The molecule has 1 aromatic carbocycles. The summed E-state index contributed by atoms with van der Waals surface area (Å²) >= 11 is 0. The topological polar surface area (TPSA) is 26.3 Å². The van der Waals surface area contributed by atoms with Crippen LogP contribution in [0.1, 0.15) is 18.4 Å². The number of carbonyl (C=O) groups is 1. The quantitative estimate of drug-likeness (QED) is 0.682. The van der Waals surface area contributed by atoms with Crippen molar-refractivity contribution in [2.75, 3.05) is 7.11 Å². The van der Waals surface area contributed by atoms with Crippen molar-refractivity contribution in [1.82, 2.24) is 0 Å². The average molecular weight is 190 g/mol. The van der Waals surface area contributed by atoms with E-state index in [2.05, 4.69) is 4.74 Å². The Bertz CT molecular complexity index is 301. The van der Waals surface area contributed by atoms with Gasteiger partial charge in [0.15, 0.2) is 0 Å². The molecule has 0 aliphatic carbocycles.